The van der Waals surface area contributed by atoms with Crippen LogP contribution < -0.4 is 5.32 Å². The number of halogens is 3. The standard InChI is InChI=1S/C23H27Cl3N2O2S/c1-4-21(23(30)27-15(2)3)28(14-16-5-10-19(25)20(26)13-16)22(29)11-12-31-18-8-6-17(24)7-9-18/h5-10,13,15,21H,4,11-12,14H2,1-3H3,(H,27,30). The van der Waals surface area contributed by atoms with Crippen LogP contribution in [0.25, 0.3) is 0 Å². The summed E-state index contributed by atoms with van der Waals surface area (Å²) in [6.07, 6.45) is 0.815. The molecule has 0 spiro atoms. The summed E-state index contributed by atoms with van der Waals surface area (Å²) in [5.74, 6) is 0.357. The van der Waals surface area contributed by atoms with Gasteiger partial charge < -0.3 is 10.2 Å². The topological polar surface area (TPSA) is 49.4 Å². The van der Waals surface area contributed by atoms with Gasteiger partial charge in [-0.3, -0.25) is 9.59 Å². The van der Waals surface area contributed by atoms with Gasteiger partial charge >= 0.3 is 0 Å². The molecule has 2 aromatic carbocycles. The molecule has 0 fully saturated rings. The molecular formula is C23H27Cl3N2O2S. The van der Waals surface area contributed by atoms with Gasteiger partial charge in [-0.1, -0.05) is 47.8 Å². The van der Waals surface area contributed by atoms with E-state index in [9.17, 15) is 9.59 Å². The number of benzene rings is 2. The number of nitrogens with one attached hydrogen (secondary N) is 1. The van der Waals surface area contributed by atoms with Crippen molar-refractivity contribution in [1.29, 1.82) is 0 Å². The molecule has 1 atom stereocenters. The van der Waals surface area contributed by atoms with Gasteiger partial charge in [0.1, 0.15) is 6.04 Å². The van der Waals surface area contributed by atoms with Gasteiger partial charge in [-0.05, 0) is 62.2 Å². The number of rotatable bonds is 10. The zero-order valence-corrected chi connectivity index (χ0v) is 20.9. The van der Waals surface area contributed by atoms with E-state index in [0.717, 1.165) is 10.5 Å². The fourth-order valence-electron chi connectivity index (χ4n) is 3.07. The SMILES string of the molecule is CCC(C(=O)NC(C)C)N(Cc1ccc(Cl)c(Cl)c1)C(=O)CCSc1ccc(Cl)cc1. The molecule has 1 unspecified atom stereocenters. The summed E-state index contributed by atoms with van der Waals surface area (Å²) in [5, 5.41) is 4.47. The third kappa shape index (κ3) is 8.23. The summed E-state index contributed by atoms with van der Waals surface area (Å²) in [4.78, 5) is 28.7. The summed E-state index contributed by atoms with van der Waals surface area (Å²) in [7, 11) is 0. The fourth-order valence-corrected chi connectivity index (χ4v) is 4.35. The number of hydrogen-bond acceptors (Lipinski definition) is 3. The quantitative estimate of drug-likeness (QED) is 0.380. The van der Waals surface area contributed by atoms with Gasteiger partial charge in [-0.2, -0.15) is 0 Å². The molecule has 2 amide bonds. The van der Waals surface area contributed by atoms with Crippen molar-refractivity contribution in [1.82, 2.24) is 10.2 Å². The molecule has 0 bridgehead atoms. The van der Waals surface area contributed by atoms with Gasteiger partial charge in [-0.15, -0.1) is 11.8 Å². The van der Waals surface area contributed by atoms with E-state index in [1.807, 2.05) is 51.1 Å². The summed E-state index contributed by atoms with van der Waals surface area (Å²) in [5.41, 5.74) is 0.823. The van der Waals surface area contributed by atoms with E-state index in [1.165, 1.54) is 0 Å². The molecule has 0 saturated carbocycles. The van der Waals surface area contributed by atoms with Crippen LogP contribution in [0.5, 0.6) is 0 Å². The van der Waals surface area contributed by atoms with Crippen molar-refractivity contribution in [3.05, 3.63) is 63.1 Å². The van der Waals surface area contributed by atoms with E-state index >= 15 is 0 Å². The van der Waals surface area contributed by atoms with Crippen molar-refractivity contribution in [2.75, 3.05) is 5.75 Å². The van der Waals surface area contributed by atoms with Crippen LogP contribution in [0.3, 0.4) is 0 Å². The minimum absolute atomic E-state index is 0.0102. The van der Waals surface area contributed by atoms with E-state index in [1.54, 1.807) is 28.8 Å². The van der Waals surface area contributed by atoms with Crippen molar-refractivity contribution in [2.45, 2.75) is 57.1 Å². The average Bonchev–Trinajstić information content (AvgIpc) is 2.71. The molecule has 0 aliphatic heterocycles. The minimum atomic E-state index is -0.565. The lowest BCUT2D eigenvalue weighted by molar-refractivity contribution is -0.141. The molecule has 2 aromatic rings. The third-order valence-corrected chi connectivity index (χ3v) is 6.56. The van der Waals surface area contributed by atoms with E-state index in [0.29, 0.717) is 33.7 Å². The molecule has 2 rings (SSSR count). The molecule has 0 saturated heterocycles. The molecule has 31 heavy (non-hydrogen) atoms. The van der Waals surface area contributed by atoms with Crippen LogP contribution in [-0.4, -0.2) is 34.6 Å². The second-order valence-corrected chi connectivity index (χ2v) is 9.83. The van der Waals surface area contributed by atoms with Crippen LogP contribution >= 0.6 is 46.6 Å². The predicted octanol–water partition coefficient (Wildman–Crippen LogP) is 6.46. The van der Waals surface area contributed by atoms with E-state index < -0.39 is 6.04 Å². The maximum Gasteiger partial charge on any atom is 0.243 e. The highest BCUT2D eigenvalue weighted by Gasteiger charge is 2.28. The largest absolute Gasteiger partial charge is 0.352 e. The summed E-state index contributed by atoms with van der Waals surface area (Å²) < 4.78 is 0. The van der Waals surface area contributed by atoms with E-state index in [4.69, 9.17) is 34.8 Å². The molecule has 168 valence electrons. The molecule has 0 heterocycles. The van der Waals surface area contributed by atoms with Crippen molar-refractivity contribution < 1.29 is 9.59 Å². The number of thioether (sulfide) groups is 1. The Bertz CT molecular complexity index is 891. The van der Waals surface area contributed by atoms with E-state index in [-0.39, 0.29) is 24.4 Å². The number of carbonyl (C=O) groups excluding carboxylic acids is 2. The van der Waals surface area contributed by atoms with Crippen molar-refractivity contribution in [2.24, 2.45) is 0 Å². The molecule has 0 aromatic heterocycles. The Morgan fingerprint density at radius 2 is 1.71 bits per heavy atom. The summed E-state index contributed by atoms with van der Waals surface area (Å²) >= 11 is 19.7. The maximum atomic E-state index is 13.2. The highest BCUT2D eigenvalue weighted by Crippen LogP contribution is 2.25. The highest BCUT2D eigenvalue weighted by atomic mass is 35.5. The second kappa shape index (κ2) is 12.6. The Kier molecular flexibility index (Phi) is 10.5. The third-order valence-electron chi connectivity index (χ3n) is 4.55. The zero-order valence-electron chi connectivity index (χ0n) is 17.8. The molecular weight excluding hydrogens is 475 g/mol. The average molecular weight is 502 g/mol. The van der Waals surface area contributed by atoms with Crippen LogP contribution in [0.15, 0.2) is 47.4 Å². The Morgan fingerprint density at radius 3 is 2.29 bits per heavy atom. The smallest absolute Gasteiger partial charge is 0.243 e. The Balaban J connectivity index is 2.15. The second-order valence-electron chi connectivity index (χ2n) is 7.41. The molecule has 0 aliphatic rings. The van der Waals surface area contributed by atoms with Gasteiger partial charge in [0.25, 0.3) is 0 Å². The summed E-state index contributed by atoms with van der Waals surface area (Å²) in [6, 6.07) is 12.2. The highest BCUT2D eigenvalue weighted by molar-refractivity contribution is 7.99. The number of carbonyl (C=O) groups is 2. The first-order valence-corrected chi connectivity index (χ1v) is 12.2. The van der Waals surface area contributed by atoms with Crippen LogP contribution in [-0.2, 0) is 16.1 Å². The van der Waals surface area contributed by atoms with Crippen LogP contribution in [0, 0.1) is 0 Å². The van der Waals surface area contributed by atoms with Gasteiger partial charge in [0, 0.05) is 34.7 Å². The zero-order chi connectivity index (χ0) is 23.0. The Labute approximate surface area is 203 Å². The normalized spacial score (nSPS) is 12.0. The first kappa shape index (κ1) is 25.9. The minimum Gasteiger partial charge on any atom is -0.352 e. The molecule has 1 N–H and O–H groups in total. The lowest BCUT2D eigenvalue weighted by Gasteiger charge is -2.31. The van der Waals surface area contributed by atoms with Crippen molar-refractivity contribution in [3.8, 4) is 0 Å². The Morgan fingerprint density at radius 1 is 1.03 bits per heavy atom. The fraction of sp³-hybridized carbons (Fsp3) is 0.391. The van der Waals surface area contributed by atoms with Gasteiger partial charge in [0.2, 0.25) is 11.8 Å². The van der Waals surface area contributed by atoms with Crippen molar-refractivity contribution in [3.63, 3.8) is 0 Å². The lowest BCUT2D eigenvalue weighted by atomic mass is 10.1. The predicted molar refractivity (Wildman–Crippen MR) is 131 cm³/mol. The van der Waals surface area contributed by atoms with Crippen LogP contribution in [0.4, 0.5) is 0 Å². The Hall–Kier alpha value is -1.40. The van der Waals surface area contributed by atoms with Crippen LogP contribution in [0.1, 0.15) is 39.2 Å². The first-order valence-electron chi connectivity index (χ1n) is 10.1. The first-order chi connectivity index (χ1) is 14.7. The number of hydrogen-bond donors (Lipinski definition) is 1. The van der Waals surface area contributed by atoms with Gasteiger partial charge in [0.15, 0.2) is 0 Å². The molecule has 4 nitrogen and oxygen atoms in total. The van der Waals surface area contributed by atoms with Crippen molar-refractivity contribution >= 4 is 58.4 Å². The van der Waals surface area contributed by atoms with Gasteiger partial charge in [0.05, 0.1) is 10.0 Å². The molecule has 8 heteroatoms. The van der Waals surface area contributed by atoms with Crippen LogP contribution in [0.2, 0.25) is 15.1 Å². The number of nitrogens with zero attached hydrogens (tertiary/aromatic N) is 1. The number of amides is 2. The lowest BCUT2D eigenvalue weighted by Crippen LogP contribution is -2.50. The van der Waals surface area contributed by atoms with Gasteiger partial charge in [-0.25, -0.2) is 0 Å². The van der Waals surface area contributed by atoms with E-state index in [2.05, 4.69) is 5.32 Å². The summed E-state index contributed by atoms with van der Waals surface area (Å²) in [6.45, 7) is 5.99. The monoisotopic (exact) mass is 500 g/mol. The molecule has 0 aliphatic carbocycles. The molecule has 0 radical (unpaired) electrons. The maximum absolute atomic E-state index is 13.2.